The molecule has 1 amide bonds. The molecule has 2 N–H and O–H groups in total. The van der Waals surface area contributed by atoms with Crippen molar-refractivity contribution < 1.29 is 19.4 Å². The zero-order valence-corrected chi connectivity index (χ0v) is 10.3. The van der Waals surface area contributed by atoms with Gasteiger partial charge in [-0.1, -0.05) is 6.92 Å². The second-order valence-electron chi connectivity index (χ2n) is 4.46. The van der Waals surface area contributed by atoms with Crippen molar-refractivity contribution in [2.24, 2.45) is 0 Å². The third kappa shape index (κ3) is 5.68. The van der Waals surface area contributed by atoms with Gasteiger partial charge in [-0.2, -0.15) is 0 Å². The van der Waals surface area contributed by atoms with E-state index >= 15 is 0 Å². The van der Waals surface area contributed by atoms with E-state index in [9.17, 15) is 9.59 Å². The Morgan fingerprint density at radius 1 is 1.47 bits per heavy atom. The summed E-state index contributed by atoms with van der Waals surface area (Å²) in [5.74, 6) is -0.990. The summed E-state index contributed by atoms with van der Waals surface area (Å²) < 4.78 is 5.47. The van der Waals surface area contributed by atoms with E-state index in [0.717, 1.165) is 25.9 Å². The van der Waals surface area contributed by atoms with Crippen LogP contribution in [-0.4, -0.2) is 35.7 Å². The van der Waals surface area contributed by atoms with Crippen LogP contribution in [0.3, 0.4) is 0 Å². The summed E-state index contributed by atoms with van der Waals surface area (Å²) in [7, 11) is 0. The first-order valence-electron chi connectivity index (χ1n) is 6.24. The molecule has 98 valence electrons. The van der Waals surface area contributed by atoms with Crippen LogP contribution in [0.5, 0.6) is 0 Å². The van der Waals surface area contributed by atoms with Crippen LogP contribution in [0.2, 0.25) is 0 Å². The van der Waals surface area contributed by atoms with Crippen molar-refractivity contribution in [1.29, 1.82) is 0 Å². The van der Waals surface area contributed by atoms with Gasteiger partial charge < -0.3 is 15.2 Å². The molecular weight excluding hydrogens is 222 g/mol. The molecule has 1 rings (SSSR count). The fourth-order valence-corrected chi connectivity index (χ4v) is 1.97. The topological polar surface area (TPSA) is 75.6 Å². The van der Waals surface area contributed by atoms with Gasteiger partial charge in [0.25, 0.3) is 0 Å². The molecule has 0 aliphatic carbocycles. The number of carboxylic acids is 1. The minimum atomic E-state index is -0.883. The lowest BCUT2D eigenvalue weighted by Crippen LogP contribution is -2.38. The largest absolute Gasteiger partial charge is 0.481 e. The van der Waals surface area contributed by atoms with Gasteiger partial charge in [-0.15, -0.1) is 0 Å². The molecule has 0 saturated carbocycles. The quantitative estimate of drug-likeness (QED) is 0.737. The molecular formula is C12H21NO4. The van der Waals surface area contributed by atoms with Gasteiger partial charge in [-0.3, -0.25) is 9.59 Å². The zero-order valence-electron chi connectivity index (χ0n) is 10.3. The van der Waals surface area contributed by atoms with Crippen molar-refractivity contribution in [1.82, 2.24) is 5.32 Å². The molecule has 17 heavy (non-hydrogen) atoms. The van der Waals surface area contributed by atoms with Gasteiger partial charge in [-0.05, 0) is 25.7 Å². The van der Waals surface area contributed by atoms with E-state index in [1.165, 1.54) is 0 Å². The van der Waals surface area contributed by atoms with Crippen molar-refractivity contribution in [3.05, 3.63) is 0 Å². The summed E-state index contributed by atoms with van der Waals surface area (Å²) in [5.41, 5.74) is 0. The Balaban J connectivity index is 2.28. The highest BCUT2D eigenvalue weighted by Gasteiger charge is 2.20. The molecule has 0 spiro atoms. The van der Waals surface area contributed by atoms with Crippen molar-refractivity contribution in [2.75, 3.05) is 6.61 Å². The first-order valence-corrected chi connectivity index (χ1v) is 6.24. The van der Waals surface area contributed by atoms with Crippen LogP contribution in [0.1, 0.15) is 45.4 Å². The van der Waals surface area contributed by atoms with Crippen LogP contribution in [0, 0.1) is 0 Å². The van der Waals surface area contributed by atoms with Gasteiger partial charge in [0.2, 0.25) is 5.91 Å². The number of hydrogen-bond donors (Lipinski definition) is 2. The standard InChI is InChI=1S/C12H21NO4/c1-2-9(7-12(15)16)13-11(14)8-10-5-3-4-6-17-10/h9-10H,2-8H2,1H3,(H,13,14)(H,15,16). The highest BCUT2D eigenvalue weighted by molar-refractivity contribution is 5.77. The van der Waals surface area contributed by atoms with Crippen LogP contribution in [0.25, 0.3) is 0 Å². The summed E-state index contributed by atoms with van der Waals surface area (Å²) in [6.45, 7) is 2.59. The molecule has 2 atom stereocenters. The Morgan fingerprint density at radius 3 is 2.76 bits per heavy atom. The number of ether oxygens (including phenoxy) is 1. The van der Waals surface area contributed by atoms with Crippen molar-refractivity contribution in [2.45, 2.75) is 57.6 Å². The van der Waals surface area contributed by atoms with E-state index in [-0.39, 0.29) is 24.5 Å². The Bertz CT molecular complexity index is 261. The second kappa shape index (κ2) is 7.27. The molecule has 0 radical (unpaired) electrons. The SMILES string of the molecule is CCC(CC(=O)O)NC(=O)CC1CCCCO1. The average Bonchev–Trinajstić information content (AvgIpc) is 2.28. The van der Waals surface area contributed by atoms with Crippen molar-refractivity contribution in [3.8, 4) is 0 Å². The predicted octanol–water partition coefficient (Wildman–Crippen LogP) is 1.32. The lowest BCUT2D eigenvalue weighted by molar-refractivity contribution is -0.137. The first-order chi connectivity index (χ1) is 8.11. The number of hydrogen-bond acceptors (Lipinski definition) is 3. The second-order valence-corrected chi connectivity index (χ2v) is 4.46. The molecule has 5 heteroatoms. The maximum Gasteiger partial charge on any atom is 0.305 e. The zero-order chi connectivity index (χ0) is 12.7. The van der Waals surface area contributed by atoms with Crippen LogP contribution >= 0.6 is 0 Å². The van der Waals surface area contributed by atoms with E-state index in [0.29, 0.717) is 12.8 Å². The third-order valence-corrected chi connectivity index (χ3v) is 2.97. The molecule has 0 bridgehead atoms. The van der Waals surface area contributed by atoms with E-state index in [1.54, 1.807) is 0 Å². The van der Waals surface area contributed by atoms with E-state index in [2.05, 4.69) is 5.32 Å². The summed E-state index contributed by atoms with van der Waals surface area (Å²) >= 11 is 0. The van der Waals surface area contributed by atoms with Crippen LogP contribution < -0.4 is 5.32 Å². The van der Waals surface area contributed by atoms with Gasteiger partial charge in [0, 0.05) is 12.6 Å². The van der Waals surface area contributed by atoms with Crippen molar-refractivity contribution in [3.63, 3.8) is 0 Å². The Morgan fingerprint density at radius 2 is 2.24 bits per heavy atom. The van der Waals surface area contributed by atoms with E-state index < -0.39 is 5.97 Å². The average molecular weight is 243 g/mol. The predicted molar refractivity (Wildman–Crippen MR) is 62.7 cm³/mol. The lowest BCUT2D eigenvalue weighted by atomic mass is 10.1. The normalized spacial score (nSPS) is 21.8. The molecule has 0 aromatic rings. The van der Waals surface area contributed by atoms with E-state index in [1.807, 2.05) is 6.92 Å². The Labute approximate surface area is 102 Å². The first kappa shape index (κ1) is 14.0. The van der Waals surface area contributed by atoms with Crippen LogP contribution in [-0.2, 0) is 14.3 Å². The smallest absolute Gasteiger partial charge is 0.305 e. The lowest BCUT2D eigenvalue weighted by Gasteiger charge is -2.23. The number of amides is 1. The highest BCUT2D eigenvalue weighted by Crippen LogP contribution is 2.15. The number of carbonyl (C=O) groups is 2. The number of aliphatic carboxylic acids is 1. The van der Waals surface area contributed by atoms with Gasteiger partial charge in [0.05, 0.1) is 18.9 Å². The third-order valence-electron chi connectivity index (χ3n) is 2.97. The highest BCUT2D eigenvalue weighted by atomic mass is 16.5. The summed E-state index contributed by atoms with van der Waals surface area (Å²) in [4.78, 5) is 22.2. The molecule has 0 aromatic carbocycles. The number of carboxylic acid groups (broad SMARTS) is 1. The fraction of sp³-hybridized carbons (Fsp3) is 0.833. The van der Waals surface area contributed by atoms with Gasteiger partial charge in [0.1, 0.15) is 0 Å². The Hall–Kier alpha value is -1.10. The molecule has 2 unspecified atom stereocenters. The summed E-state index contributed by atoms with van der Waals surface area (Å²) in [6, 6.07) is -0.274. The molecule has 1 heterocycles. The molecule has 1 aliphatic heterocycles. The molecule has 1 aliphatic rings. The maximum absolute atomic E-state index is 11.7. The fourth-order valence-electron chi connectivity index (χ4n) is 1.97. The monoisotopic (exact) mass is 243 g/mol. The minimum Gasteiger partial charge on any atom is -0.481 e. The number of rotatable bonds is 6. The van der Waals surface area contributed by atoms with Crippen LogP contribution in [0.15, 0.2) is 0 Å². The summed E-state index contributed by atoms with van der Waals surface area (Å²) in [6.07, 6.45) is 4.04. The number of nitrogens with one attached hydrogen (secondary N) is 1. The minimum absolute atomic E-state index is 0.00563. The molecule has 0 aromatic heterocycles. The maximum atomic E-state index is 11.7. The molecule has 5 nitrogen and oxygen atoms in total. The van der Waals surface area contributed by atoms with Gasteiger partial charge in [0.15, 0.2) is 0 Å². The van der Waals surface area contributed by atoms with Gasteiger partial charge in [-0.25, -0.2) is 0 Å². The van der Waals surface area contributed by atoms with Gasteiger partial charge >= 0.3 is 5.97 Å². The summed E-state index contributed by atoms with van der Waals surface area (Å²) in [5, 5.41) is 11.4. The molecule has 1 fully saturated rings. The molecule has 1 saturated heterocycles. The number of carbonyl (C=O) groups excluding carboxylic acids is 1. The van der Waals surface area contributed by atoms with Crippen molar-refractivity contribution >= 4 is 11.9 Å². The Kier molecular flexibility index (Phi) is 5.97. The van der Waals surface area contributed by atoms with E-state index in [4.69, 9.17) is 9.84 Å². The van der Waals surface area contributed by atoms with Crippen LogP contribution in [0.4, 0.5) is 0 Å².